The highest BCUT2D eigenvalue weighted by atomic mass is 16.5. The maximum Gasteiger partial charge on any atom is 0.262 e. The van der Waals surface area contributed by atoms with Crippen molar-refractivity contribution in [2.24, 2.45) is 0 Å². The summed E-state index contributed by atoms with van der Waals surface area (Å²) >= 11 is 0. The zero-order valence-corrected chi connectivity index (χ0v) is 16.8. The molecule has 7 nitrogen and oxygen atoms in total. The first-order chi connectivity index (χ1) is 15.0. The number of fused-ring (bicyclic) bond motifs is 1. The van der Waals surface area contributed by atoms with Gasteiger partial charge in [-0.1, -0.05) is 30.3 Å². The number of carbonyl (C=O) groups is 3. The molecule has 156 valence electrons. The number of hydrogen-bond donors (Lipinski definition) is 2. The average Bonchev–Trinajstić information content (AvgIpc) is 2.81. The molecule has 31 heavy (non-hydrogen) atoms. The van der Waals surface area contributed by atoms with Crippen LogP contribution in [0.4, 0.5) is 5.69 Å². The molecule has 0 aliphatic carbocycles. The molecule has 2 N–H and O–H groups in total. The summed E-state index contributed by atoms with van der Waals surface area (Å²) < 4.78 is 10.5. The largest absolute Gasteiger partial charge is 0.497 e. The van der Waals surface area contributed by atoms with Gasteiger partial charge in [-0.3, -0.25) is 14.4 Å². The smallest absolute Gasteiger partial charge is 0.262 e. The molecule has 0 spiro atoms. The lowest BCUT2D eigenvalue weighted by Gasteiger charge is -2.18. The Labute approximate surface area is 179 Å². The number of nitrogens with one attached hydrogen (secondary N) is 2. The maximum absolute atomic E-state index is 13.1. The third-order valence-corrected chi connectivity index (χ3v) is 4.88. The van der Waals surface area contributed by atoms with Crippen molar-refractivity contribution < 1.29 is 23.9 Å². The molecule has 0 fully saturated rings. The van der Waals surface area contributed by atoms with E-state index in [1.165, 1.54) is 0 Å². The van der Waals surface area contributed by atoms with E-state index in [2.05, 4.69) is 10.6 Å². The lowest BCUT2D eigenvalue weighted by Crippen LogP contribution is -2.26. The van der Waals surface area contributed by atoms with Gasteiger partial charge in [-0.15, -0.1) is 0 Å². The van der Waals surface area contributed by atoms with Crippen LogP contribution in [0.25, 0.3) is 0 Å². The average molecular weight is 416 g/mol. The van der Waals surface area contributed by atoms with E-state index in [1.54, 1.807) is 49.6 Å². The molecule has 3 aromatic rings. The van der Waals surface area contributed by atoms with Crippen LogP contribution in [0.3, 0.4) is 0 Å². The molecular weight excluding hydrogens is 396 g/mol. The zero-order chi connectivity index (χ0) is 21.8. The molecule has 0 saturated carbocycles. The Morgan fingerprint density at radius 1 is 1.03 bits per heavy atom. The van der Waals surface area contributed by atoms with E-state index in [0.717, 1.165) is 5.56 Å². The summed E-state index contributed by atoms with van der Waals surface area (Å²) in [6.07, 6.45) is 0. The van der Waals surface area contributed by atoms with Gasteiger partial charge in [0.15, 0.2) is 12.4 Å². The number of hydrogen-bond acceptors (Lipinski definition) is 5. The molecule has 0 radical (unpaired) electrons. The third-order valence-electron chi connectivity index (χ3n) is 4.88. The molecule has 1 heterocycles. The number of carbonyl (C=O) groups excluding carboxylic acids is 3. The van der Waals surface area contributed by atoms with Gasteiger partial charge in [0, 0.05) is 17.7 Å². The fourth-order valence-corrected chi connectivity index (χ4v) is 3.32. The van der Waals surface area contributed by atoms with E-state index < -0.39 is 0 Å². The summed E-state index contributed by atoms with van der Waals surface area (Å²) in [7, 11) is 1.58. The zero-order valence-electron chi connectivity index (χ0n) is 16.8. The lowest BCUT2D eigenvalue weighted by molar-refractivity contribution is -0.118. The Bertz CT molecular complexity index is 1170. The highest BCUT2D eigenvalue weighted by Crippen LogP contribution is 2.29. The van der Waals surface area contributed by atoms with Gasteiger partial charge in [-0.25, -0.2) is 0 Å². The quantitative estimate of drug-likeness (QED) is 0.602. The minimum absolute atomic E-state index is 0.0589. The predicted octanol–water partition coefficient (Wildman–Crippen LogP) is 3.19. The molecule has 0 unspecified atom stereocenters. The van der Waals surface area contributed by atoms with Gasteiger partial charge in [0.25, 0.3) is 11.8 Å². The third kappa shape index (κ3) is 4.40. The molecular formula is C24H20N2O5. The first-order valence-corrected chi connectivity index (χ1v) is 9.66. The Balaban J connectivity index is 1.55. The number of anilines is 1. The maximum atomic E-state index is 13.1. The standard InChI is InChI=1S/C24H20N2O5/c1-30-17-6-4-5-15(11-17)13-25-24(29)19-8-3-2-7-18(19)23(28)16-9-10-21-20(12-16)26-22(27)14-31-21/h2-12H,13-14H2,1H3,(H,25,29)(H,26,27). The molecule has 0 bridgehead atoms. The fourth-order valence-electron chi connectivity index (χ4n) is 3.32. The second kappa shape index (κ2) is 8.71. The first kappa shape index (κ1) is 20.2. The van der Waals surface area contributed by atoms with Gasteiger partial charge >= 0.3 is 0 Å². The minimum atomic E-state index is -0.360. The highest BCUT2D eigenvalue weighted by molar-refractivity contribution is 6.16. The van der Waals surface area contributed by atoms with Crippen molar-refractivity contribution in [3.63, 3.8) is 0 Å². The second-order valence-electron chi connectivity index (χ2n) is 6.96. The van der Waals surface area contributed by atoms with Gasteiger partial charge in [-0.2, -0.15) is 0 Å². The van der Waals surface area contributed by atoms with Crippen molar-refractivity contribution in [1.29, 1.82) is 0 Å². The Morgan fingerprint density at radius 3 is 2.65 bits per heavy atom. The Morgan fingerprint density at radius 2 is 1.84 bits per heavy atom. The van der Waals surface area contributed by atoms with Crippen LogP contribution >= 0.6 is 0 Å². The summed E-state index contributed by atoms with van der Waals surface area (Å²) in [6, 6.07) is 18.8. The van der Waals surface area contributed by atoms with Crippen LogP contribution in [0, 0.1) is 0 Å². The normalized spacial score (nSPS) is 12.2. The minimum Gasteiger partial charge on any atom is -0.497 e. The molecule has 7 heteroatoms. The van der Waals surface area contributed by atoms with E-state index in [0.29, 0.717) is 29.3 Å². The highest BCUT2D eigenvalue weighted by Gasteiger charge is 2.21. The number of ketones is 1. The van der Waals surface area contributed by atoms with Crippen LogP contribution in [0.1, 0.15) is 31.8 Å². The van der Waals surface area contributed by atoms with Crippen molar-refractivity contribution in [2.75, 3.05) is 19.0 Å². The lowest BCUT2D eigenvalue weighted by atomic mass is 9.97. The van der Waals surface area contributed by atoms with Gasteiger partial charge in [0.05, 0.1) is 18.4 Å². The van der Waals surface area contributed by atoms with E-state index >= 15 is 0 Å². The van der Waals surface area contributed by atoms with Crippen LogP contribution < -0.4 is 20.1 Å². The van der Waals surface area contributed by atoms with Gasteiger partial charge in [0.1, 0.15) is 11.5 Å². The van der Waals surface area contributed by atoms with E-state index in [9.17, 15) is 14.4 Å². The van der Waals surface area contributed by atoms with Gasteiger partial charge in [-0.05, 0) is 42.0 Å². The van der Waals surface area contributed by atoms with Crippen LogP contribution in [-0.2, 0) is 11.3 Å². The van der Waals surface area contributed by atoms with Crippen molar-refractivity contribution in [3.05, 3.63) is 89.0 Å². The number of rotatable bonds is 6. The summed E-state index contributed by atoms with van der Waals surface area (Å²) in [6.45, 7) is 0.233. The van der Waals surface area contributed by atoms with Crippen LogP contribution in [-0.4, -0.2) is 31.3 Å². The molecule has 0 saturated heterocycles. The SMILES string of the molecule is COc1cccc(CNC(=O)c2ccccc2C(=O)c2ccc3c(c2)NC(=O)CO3)c1. The molecule has 1 aliphatic heterocycles. The number of amides is 2. The van der Waals surface area contributed by atoms with Gasteiger partial charge < -0.3 is 20.1 Å². The number of benzene rings is 3. The van der Waals surface area contributed by atoms with Gasteiger partial charge in [0.2, 0.25) is 0 Å². The van der Waals surface area contributed by atoms with E-state index in [1.807, 2.05) is 24.3 Å². The summed E-state index contributed by atoms with van der Waals surface area (Å²) in [5.74, 6) is 0.233. The predicted molar refractivity (Wildman–Crippen MR) is 115 cm³/mol. The van der Waals surface area contributed by atoms with Crippen molar-refractivity contribution in [3.8, 4) is 11.5 Å². The van der Waals surface area contributed by atoms with Crippen LogP contribution in [0.15, 0.2) is 66.7 Å². The molecule has 1 aliphatic rings. The van der Waals surface area contributed by atoms with Crippen molar-refractivity contribution in [2.45, 2.75) is 6.54 Å². The summed E-state index contributed by atoms with van der Waals surface area (Å²) in [5.41, 5.74) is 2.20. The Hall–Kier alpha value is -4.13. The monoisotopic (exact) mass is 416 g/mol. The van der Waals surface area contributed by atoms with E-state index in [4.69, 9.17) is 9.47 Å². The fraction of sp³-hybridized carbons (Fsp3) is 0.125. The van der Waals surface area contributed by atoms with Crippen molar-refractivity contribution in [1.82, 2.24) is 5.32 Å². The molecule has 3 aromatic carbocycles. The molecule has 2 amide bonds. The first-order valence-electron chi connectivity index (χ1n) is 9.66. The van der Waals surface area contributed by atoms with Crippen molar-refractivity contribution >= 4 is 23.3 Å². The molecule has 0 atom stereocenters. The number of methoxy groups -OCH3 is 1. The van der Waals surface area contributed by atoms with Crippen LogP contribution in [0.5, 0.6) is 11.5 Å². The number of ether oxygens (including phenoxy) is 2. The van der Waals surface area contributed by atoms with Crippen LogP contribution in [0.2, 0.25) is 0 Å². The molecule has 4 rings (SSSR count). The Kier molecular flexibility index (Phi) is 5.66. The summed E-state index contributed by atoms with van der Waals surface area (Å²) in [5, 5.41) is 5.53. The summed E-state index contributed by atoms with van der Waals surface area (Å²) in [4.78, 5) is 37.5. The molecule has 0 aromatic heterocycles. The van der Waals surface area contributed by atoms with E-state index in [-0.39, 0.29) is 35.3 Å². The second-order valence-corrected chi connectivity index (χ2v) is 6.96. The topological polar surface area (TPSA) is 93.7 Å².